The summed E-state index contributed by atoms with van der Waals surface area (Å²) in [7, 11) is -1.72. The summed E-state index contributed by atoms with van der Waals surface area (Å²) in [5.41, 5.74) is 6.19. The third-order valence-corrected chi connectivity index (χ3v) is 1.66. The van der Waals surface area contributed by atoms with Gasteiger partial charge in [0.2, 0.25) is 0 Å². The Morgan fingerprint density at radius 2 is 2.00 bits per heavy atom. The molecule has 64 valence electrons. The second kappa shape index (κ2) is 3.12. The molecule has 0 aliphatic heterocycles. The highest BCUT2D eigenvalue weighted by Gasteiger charge is 2.16. The number of halogens is 1. The van der Waals surface area contributed by atoms with E-state index in [9.17, 15) is 4.39 Å². The molecule has 0 unspecified atom stereocenters. The van der Waals surface area contributed by atoms with Crippen molar-refractivity contribution in [1.29, 1.82) is 0 Å². The van der Waals surface area contributed by atoms with Crippen LogP contribution in [-0.2, 0) is 0 Å². The van der Waals surface area contributed by atoms with E-state index in [1.807, 2.05) is 0 Å². The normalized spacial score (nSPS) is 10.0. The highest BCUT2D eigenvalue weighted by molar-refractivity contribution is 6.60. The summed E-state index contributed by atoms with van der Waals surface area (Å²) in [6.45, 7) is 1.60. The molecule has 3 nitrogen and oxygen atoms in total. The van der Waals surface area contributed by atoms with E-state index in [1.165, 1.54) is 6.07 Å². The quantitative estimate of drug-likeness (QED) is 0.388. The van der Waals surface area contributed by atoms with Gasteiger partial charge >= 0.3 is 7.12 Å². The van der Waals surface area contributed by atoms with Gasteiger partial charge in [0.1, 0.15) is 5.82 Å². The molecule has 0 saturated carbocycles. The van der Waals surface area contributed by atoms with E-state index in [-0.39, 0.29) is 11.2 Å². The van der Waals surface area contributed by atoms with E-state index in [2.05, 4.69) is 0 Å². The van der Waals surface area contributed by atoms with Crippen LogP contribution in [0.15, 0.2) is 12.1 Å². The number of anilines is 1. The Balaban J connectivity index is 3.28. The van der Waals surface area contributed by atoms with E-state index < -0.39 is 12.9 Å². The average Bonchev–Trinajstić information content (AvgIpc) is 1.96. The van der Waals surface area contributed by atoms with Crippen molar-refractivity contribution in [2.75, 3.05) is 5.73 Å². The molecule has 0 radical (unpaired) electrons. The topological polar surface area (TPSA) is 66.5 Å². The summed E-state index contributed by atoms with van der Waals surface area (Å²) in [4.78, 5) is 0. The van der Waals surface area contributed by atoms with Crippen molar-refractivity contribution < 1.29 is 14.4 Å². The van der Waals surface area contributed by atoms with E-state index in [0.29, 0.717) is 5.56 Å². The summed E-state index contributed by atoms with van der Waals surface area (Å²) in [5, 5.41) is 17.5. The Bertz CT molecular complexity index is 304. The van der Waals surface area contributed by atoms with Crippen molar-refractivity contribution in [3.05, 3.63) is 23.5 Å². The van der Waals surface area contributed by atoms with Crippen LogP contribution >= 0.6 is 0 Å². The third kappa shape index (κ3) is 1.57. The lowest BCUT2D eigenvalue weighted by Crippen LogP contribution is -2.33. The van der Waals surface area contributed by atoms with Gasteiger partial charge in [0.15, 0.2) is 0 Å². The van der Waals surface area contributed by atoms with Gasteiger partial charge in [0.25, 0.3) is 0 Å². The minimum atomic E-state index is -1.72. The highest BCUT2D eigenvalue weighted by atomic mass is 19.1. The predicted molar refractivity (Wildman–Crippen MR) is 45.4 cm³/mol. The van der Waals surface area contributed by atoms with Crippen LogP contribution in [0, 0.1) is 12.7 Å². The summed E-state index contributed by atoms with van der Waals surface area (Å²) >= 11 is 0. The first-order chi connectivity index (χ1) is 5.52. The number of aryl methyl sites for hydroxylation is 1. The molecule has 4 N–H and O–H groups in total. The second-order valence-corrected chi connectivity index (χ2v) is 2.60. The number of hydrogen-bond donors (Lipinski definition) is 3. The predicted octanol–water partition coefficient (Wildman–Crippen LogP) is -0.604. The summed E-state index contributed by atoms with van der Waals surface area (Å²) in [6, 6.07) is 2.24. The van der Waals surface area contributed by atoms with Gasteiger partial charge in [0, 0.05) is 11.2 Å². The largest absolute Gasteiger partial charge is 0.490 e. The minimum Gasteiger partial charge on any atom is -0.423 e. The molecule has 5 heteroatoms. The molecule has 1 aromatic carbocycles. The molecule has 1 aromatic rings. The molecule has 12 heavy (non-hydrogen) atoms. The van der Waals surface area contributed by atoms with Crippen LogP contribution in [0.1, 0.15) is 5.56 Å². The smallest absolute Gasteiger partial charge is 0.423 e. The summed E-state index contributed by atoms with van der Waals surface area (Å²) < 4.78 is 12.7. The van der Waals surface area contributed by atoms with Gasteiger partial charge in [-0.3, -0.25) is 0 Å². The molecule has 0 aromatic heterocycles. The molecule has 0 bridgehead atoms. The van der Waals surface area contributed by atoms with Crippen molar-refractivity contribution in [2.24, 2.45) is 0 Å². The molecule has 0 saturated heterocycles. The minimum absolute atomic E-state index is 0.00694. The number of benzene rings is 1. The van der Waals surface area contributed by atoms with Gasteiger partial charge in [-0.2, -0.15) is 0 Å². The summed E-state index contributed by atoms with van der Waals surface area (Å²) in [5.74, 6) is -0.523. The maximum absolute atomic E-state index is 12.7. The molecule has 0 heterocycles. The second-order valence-electron chi connectivity index (χ2n) is 2.60. The lowest BCUT2D eigenvalue weighted by molar-refractivity contribution is 0.425. The fourth-order valence-electron chi connectivity index (χ4n) is 0.994. The van der Waals surface area contributed by atoms with E-state index >= 15 is 0 Å². The van der Waals surface area contributed by atoms with Crippen LogP contribution in [0.3, 0.4) is 0 Å². The molecule has 0 fully saturated rings. The highest BCUT2D eigenvalue weighted by Crippen LogP contribution is 2.09. The van der Waals surface area contributed by atoms with Gasteiger partial charge in [-0.25, -0.2) is 4.39 Å². The average molecular weight is 169 g/mol. The standard InChI is InChI=1S/C7H9BFNO2/c1-4-2-5(9)3-6(7(4)10)8(11)12/h2-3,11-12H,10H2,1H3. The molecular weight excluding hydrogens is 160 g/mol. The first-order valence-electron chi connectivity index (χ1n) is 3.44. The maximum atomic E-state index is 12.7. The summed E-state index contributed by atoms with van der Waals surface area (Å²) in [6.07, 6.45) is 0. The molecular formula is C7H9BFNO2. The third-order valence-electron chi connectivity index (χ3n) is 1.66. The van der Waals surface area contributed by atoms with Crippen molar-refractivity contribution in [3.63, 3.8) is 0 Å². The number of hydrogen-bond acceptors (Lipinski definition) is 3. The van der Waals surface area contributed by atoms with Gasteiger partial charge < -0.3 is 15.8 Å². The van der Waals surface area contributed by atoms with Crippen LogP contribution in [0.4, 0.5) is 10.1 Å². The fourth-order valence-corrected chi connectivity index (χ4v) is 0.994. The van der Waals surface area contributed by atoms with Crippen LogP contribution < -0.4 is 11.2 Å². The van der Waals surface area contributed by atoms with E-state index in [0.717, 1.165) is 6.07 Å². The Morgan fingerprint density at radius 3 is 2.50 bits per heavy atom. The van der Waals surface area contributed by atoms with E-state index in [1.54, 1.807) is 6.92 Å². The Morgan fingerprint density at radius 1 is 1.42 bits per heavy atom. The molecule has 0 aliphatic carbocycles. The Kier molecular flexibility index (Phi) is 2.35. The lowest BCUT2D eigenvalue weighted by Gasteiger charge is -2.07. The van der Waals surface area contributed by atoms with Gasteiger partial charge in [-0.1, -0.05) is 0 Å². The Labute approximate surface area is 69.8 Å². The van der Waals surface area contributed by atoms with Crippen molar-refractivity contribution >= 4 is 18.3 Å². The van der Waals surface area contributed by atoms with E-state index in [4.69, 9.17) is 15.8 Å². The monoisotopic (exact) mass is 169 g/mol. The SMILES string of the molecule is Cc1cc(F)cc(B(O)O)c1N. The molecule has 0 spiro atoms. The number of nitrogen functional groups attached to an aromatic ring is 1. The molecule has 0 atom stereocenters. The van der Waals surface area contributed by atoms with Crippen molar-refractivity contribution in [2.45, 2.75) is 6.92 Å². The zero-order chi connectivity index (χ0) is 9.30. The zero-order valence-electron chi connectivity index (χ0n) is 6.58. The molecule has 1 rings (SSSR count). The van der Waals surface area contributed by atoms with Crippen molar-refractivity contribution in [3.8, 4) is 0 Å². The fraction of sp³-hybridized carbons (Fsp3) is 0.143. The Hall–Kier alpha value is -1.07. The van der Waals surface area contributed by atoms with Gasteiger partial charge in [0.05, 0.1) is 0 Å². The molecule has 0 aliphatic rings. The number of rotatable bonds is 1. The first-order valence-corrected chi connectivity index (χ1v) is 3.44. The van der Waals surface area contributed by atoms with Crippen molar-refractivity contribution in [1.82, 2.24) is 0 Å². The van der Waals surface area contributed by atoms with Gasteiger partial charge in [-0.15, -0.1) is 0 Å². The zero-order valence-corrected chi connectivity index (χ0v) is 6.58. The van der Waals surface area contributed by atoms with Crippen LogP contribution in [0.25, 0.3) is 0 Å². The first kappa shape index (κ1) is 9.03. The van der Waals surface area contributed by atoms with Gasteiger partial charge in [-0.05, 0) is 24.6 Å². The van der Waals surface area contributed by atoms with Crippen LogP contribution in [0.2, 0.25) is 0 Å². The molecule has 0 amide bonds. The van der Waals surface area contributed by atoms with Crippen LogP contribution in [0.5, 0.6) is 0 Å². The maximum Gasteiger partial charge on any atom is 0.490 e. The lowest BCUT2D eigenvalue weighted by atomic mass is 9.78. The van der Waals surface area contributed by atoms with Crippen LogP contribution in [-0.4, -0.2) is 17.2 Å². The number of nitrogens with two attached hydrogens (primary N) is 1.